The van der Waals surface area contributed by atoms with Crippen LogP contribution in [0.5, 0.6) is 0 Å². The van der Waals surface area contributed by atoms with Gasteiger partial charge in [-0.25, -0.2) is 14.4 Å². The summed E-state index contributed by atoms with van der Waals surface area (Å²) < 4.78 is 14.1. The maximum Gasteiger partial charge on any atom is 0.225 e. The van der Waals surface area contributed by atoms with Crippen molar-refractivity contribution < 1.29 is 9.18 Å². The smallest absolute Gasteiger partial charge is 0.225 e. The van der Waals surface area contributed by atoms with Crippen molar-refractivity contribution in [2.75, 3.05) is 24.5 Å². The first-order chi connectivity index (χ1) is 15.4. The summed E-state index contributed by atoms with van der Waals surface area (Å²) in [6.07, 6.45) is 1.73. The van der Waals surface area contributed by atoms with Gasteiger partial charge >= 0.3 is 0 Å². The van der Waals surface area contributed by atoms with E-state index in [0.29, 0.717) is 22.7 Å². The normalized spacial score (nSPS) is 22.2. The van der Waals surface area contributed by atoms with Crippen LogP contribution in [-0.2, 0) is 0 Å². The molecule has 164 valence electrons. The zero-order valence-electron chi connectivity index (χ0n) is 18.5. The molecule has 0 aliphatic carbocycles. The molecular formula is C25H26FN5O. The molecule has 7 heteroatoms. The van der Waals surface area contributed by atoms with E-state index in [0.717, 1.165) is 42.5 Å². The molecule has 0 amide bonds. The Bertz CT molecular complexity index is 1160. The Morgan fingerprint density at radius 3 is 2.56 bits per heavy atom. The van der Waals surface area contributed by atoms with Crippen molar-refractivity contribution in [3.05, 3.63) is 70.9 Å². The summed E-state index contributed by atoms with van der Waals surface area (Å²) in [7, 11) is 0. The van der Waals surface area contributed by atoms with E-state index in [4.69, 9.17) is 0 Å². The van der Waals surface area contributed by atoms with Gasteiger partial charge < -0.3 is 10.2 Å². The maximum absolute atomic E-state index is 14.1. The minimum Gasteiger partial charge on any atom is -0.340 e. The van der Waals surface area contributed by atoms with E-state index < -0.39 is 0 Å². The molecule has 5 rings (SSSR count). The Morgan fingerprint density at radius 2 is 1.84 bits per heavy atom. The highest BCUT2D eigenvalue weighted by molar-refractivity contribution is 6.05. The monoisotopic (exact) mass is 431 g/mol. The molecule has 3 atom stereocenters. The van der Waals surface area contributed by atoms with Gasteiger partial charge in [-0.2, -0.15) is 0 Å². The van der Waals surface area contributed by atoms with E-state index in [1.807, 2.05) is 39.0 Å². The van der Waals surface area contributed by atoms with Gasteiger partial charge in [-0.1, -0.05) is 6.07 Å². The predicted octanol–water partition coefficient (Wildman–Crippen LogP) is 3.51. The van der Waals surface area contributed by atoms with Gasteiger partial charge in [-0.15, -0.1) is 0 Å². The van der Waals surface area contributed by atoms with Crippen molar-refractivity contribution in [3.8, 4) is 11.3 Å². The van der Waals surface area contributed by atoms with Crippen LogP contribution < -0.4 is 10.2 Å². The summed E-state index contributed by atoms with van der Waals surface area (Å²) in [6.45, 7) is 8.19. The van der Waals surface area contributed by atoms with E-state index in [1.165, 1.54) is 12.1 Å². The third-order valence-corrected chi connectivity index (χ3v) is 6.49. The highest BCUT2D eigenvalue weighted by Crippen LogP contribution is 2.35. The second-order valence-corrected chi connectivity index (χ2v) is 8.94. The number of benzene rings is 1. The Hall–Kier alpha value is -3.19. The van der Waals surface area contributed by atoms with Crippen LogP contribution in [0, 0.1) is 38.4 Å². The second-order valence-electron chi connectivity index (χ2n) is 8.94. The standard InChI is InChI=1S/C25H26FN5O/c1-14-4-7-22(27-10-14)20-9-18(26)5-6-19(20)24(32)23-21-13-31(12-17(21)11-28-23)25-29-15(2)8-16(3)30-25/h4-10,17,21,23,28H,11-13H2,1-3H3. The van der Waals surface area contributed by atoms with Gasteiger partial charge in [0.1, 0.15) is 5.82 Å². The van der Waals surface area contributed by atoms with E-state index in [2.05, 4.69) is 25.2 Å². The van der Waals surface area contributed by atoms with Crippen molar-refractivity contribution in [1.82, 2.24) is 20.3 Å². The van der Waals surface area contributed by atoms with Crippen molar-refractivity contribution in [2.24, 2.45) is 11.8 Å². The number of ketones is 1. The minimum absolute atomic E-state index is 0.0157. The summed E-state index contributed by atoms with van der Waals surface area (Å²) in [5.74, 6) is 0.827. The number of aromatic nitrogens is 3. The Morgan fingerprint density at radius 1 is 1.06 bits per heavy atom. The predicted molar refractivity (Wildman–Crippen MR) is 121 cm³/mol. The molecule has 3 unspecified atom stereocenters. The van der Waals surface area contributed by atoms with Crippen molar-refractivity contribution in [1.29, 1.82) is 0 Å². The lowest BCUT2D eigenvalue weighted by Gasteiger charge is -2.22. The van der Waals surface area contributed by atoms with Crippen LogP contribution in [0.15, 0.2) is 42.6 Å². The summed E-state index contributed by atoms with van der Waals surface area (Å²) >= 11 is 0. The summed E-state index contributed by atoms with van der Waals surface area (Å²) in [5.41, 5.74) is 4.53. The van der Waals surface area contributed by atoms with Crippen LogP contribution in [0.2, 0.25) is 0 Å². The molecule has 6 nitrogen and oxygen atoms in total. The third kappa shape index (κ3) is 3.77. The number of Topliss-reactive ketones (excluding diaryl/α,β-unsaturated/α-hetero) is 1. The number of carbonyl (C=O) groups is 1. The van der Waals surface area contributed by atoms with Gasteiger partial charge in [0.15, 0.2) is 5.78 Å². The SMILES string of the molecule is Cc1ccc(-c2cc(F)ccc2C(=O)C2NCC3CN(c4nc(C)cc(C)n4)CC32)nc1. The van der Waals surface area contributed by atoms with Crippen molar-refractivity contribution in [3.63, 3.8) is 0 Å². The highest BCUT2D eigenvalue weighted by Gasteiger charge is 2.46. The molecule has 0 radical (unpaired) electrons. The quantitative estimate of drug-likeness (QED) is 0.638. The lowest BCUT2D eigenvalue weighted by atomic mass is 9.87. The zero-order chi connectivity index (χ0) is 22.4. The molecule has 32 heavy (non-hydrogen) atoms. The number of fused-ring (bicyclic) bond motifs is 1. The summed E-state index contributed by atoms with van der Waals surface area (Å²) in [5, 5.41) is 3.42. The molecule has 0 saturated carbocycles. The molecule has 4 heterocycles. The van der Waals surface area contributed by atoms with Gasteiger partial charge in [0.25, 0.3) is 0 Å². The molecule has 2 aliphatic rings. The first kappa shape index (κ1) is 20.7. The van der Waals surface area contributed by atoms with Gasteiger partial charge in [0, 0.05) is 54.3 Å². The topological polar surface area (TPSA) is 71.0 Å². The van der Waals surface area contributed by atoms with Gasteiger partial charge in [0.05, 0.1) is 11.7 Å². The van der Waals surface area contributed by atoms with Crippen LogP contribution in [0.4, 0.5) is 10.3 Å². The Labute approximate surface area is 186 Å². The van der Waals surface area contributed by atoms with Crippen LogP contribution >= 0.6 is 0 Å². The third-order valence-electron chi connectivity index (χ3n) is 6.49. The van der Waals surface area contributed by atoms with E-state index in [-0.39, 0.29) is 23.6 Å². The summed E-state index contributed by atoms with van der Waals surface area (Å²) in [6, 6.07) is 9.73. The first-order valence-corrected chi connectivity index (χ1v) is 11.0. The average Bonchev–Trinajstić information content (AvgIpc) is 3.34. The number of anilines is 1. The van der Waals surface area contributed by atoms with Crippen LogP contribution in [-0.4, -0.2) is 46.4 Å². The van der Waals surface area contributed by atoms with Crippen LogP contribution in [0.25, 0.3) is 11.3 Å². The molecule has 1 aromatic carbocycles. The van der Waals surface area contributed by atoms with Crippen molar-refractivity contribution >= 4 is 11.7 Å². The molecule has 2 aliphatic heterocycles. The Balaban J connectivity index is 1.43. The molecule has 0 spiro atoms. The largest absolute Gasteiger partial charge is 0.340 e. The van der Waals surface area contributed by atoms with E-state index in [1.54, 1.807) is 12.3 Å². The molecule has 2 aromatic heterocycles. The first-order valence-electron chi connectivity index (χ1n) is 11.0. The summed E-state index contributed by atoms with van der Waals surface area (Å²) in [4.78, 5) is 29.5. The fraction of sp³-hybridized carbons (Fsp3) is 0.360. The molecule has 2 saturated heterocycles. The number of pyridine rings is 1. The number of carbonyl (C=O) groups excluding carboxylic acids is 1. The molecule has 1 N–H and O–H groups in total. The van der Waals surface area contributed by atoms with Gasteiger partial charge in [-0.05, 0) is 62.6 Å². The van der Waals surface area contributed by atoms with Gasteiger partial charge in [0.2, 0.25) is 5.95 Å². The number of halogens is 1. The number of nitrogens with one attached hydrogen (secondary N) is 1. The maximum atomic E-state index is 14.1. The number of rotatable bonds is 4. The minimum atomic E-state index is -0.379. The molecule has 2 fully saturated rings. The Kier molecular flexibility index (Phi) is 5.21. The average molecular weight is 432 g/mol. The number of aryl methyl sites for hydroxylation is 3. The highest BCUT2D eigenvalue weighted by atomic mass is 19.1. The second kappa shape index (κ2) is 8.06. The number of nitrogens with zero attached hydrogens (tertiary/aromatic N) is 4. The number of hydrogen-bond acceptors (Lipinski definition) is 6. The molecule has 0 bridgehead atoms. The van der Waals surface area contributed by atoms with Gasteiger partial charge in [-0.3, -0.25) is 9.78 Å². The number of hydrogen-bond donors (Lipinski definition) is 1. The molecular weight excluding hydrogens is 405 g/mol. The fourth-order valence-corrected chi connectivity index (χ4v) is 4.96. The van der Waals surface area contributed by atoms with E-state index in [9.17, 15) is 9.18 Å². The lowest BCUT2D eigenvalue weighted by molar-refractivity contribution is 0.0931. The fourth-order valence-electron chi connectivity index (χ4n) is 4.96. The zero-order valence-corrected chi connectivity index (χ0v) is 18.5. The molecule has 3 aromatic rings. The van der Waals surface area contributed by atoms with Crippen LogP contribution in [0.3, 0.4) is 0 Å². The van der Waals surface area contributed by atoms with Crippen LogP contribution in [0.1, 0.15) is 27.3 Å². The van der Waals surface area contributed by atoms with Crippen molar-refractivity contribution in [2.45, 2.75) is 26.8 Å². The van der Waals surface area contributed by atoms with E-state index >= 15 is 0 Å². The lowest BCUT2D eigenvalue weighted by Crippen LogP contribution is -2.39.